The molecule has 0 spiro atoms. The van der Waals surface area contributed by atoms with Crippen LogP contribution in [0.3, 0.4) is 0 Å². The Hall–Kier alpha value is -10.4. The van der Waals surface area contributed by atoms with Crippen LogP contribution in [0.25, 0.3) is 151 Å². The highest BCUT2D eigenvalue weighted by Crippen LogP contribution is 2.83. The maximum Gasteiger partial charge on any atom is 0.0217 e. The molecule has 0 aromatic heterocycles. The first-order valence-corrected chi connectivity index (χ1v) is 57.0. The Labute approximate surface area is 887 Å². The summed E-state index contributed by atoms with van der Waals surface area (Å²) in [4.78, 5) is 0. The summed E-state index contributed by atoms with van der Waals surface area (Å²) < 4.78 is 0. The van der Waals surface area contributed by atoms with Crippen LogP contribution in [0.1, 0.15) is 410 Å². The van der Waals surface area contributed by atoms with Crippen molar-refractivity contribution in [3.05, 3.63) is 289 Å². The fourth-order valence-electron chi connectivity index (χ4n) is 39.0. The summed E-state index contributed by atoms with van der Waals surface area (Å²) in [5.74, 6) is 0.877. The summed E-state index contributed by atoms with van der Waals surface area (Å²) in [7, 11) is 0. The first-order chi connectivity index (χ1) is 68.3. The Morgan fingerprint density at radius 3 is 0.716 bits per heavy atom. The first kappa shape index (κ1) is 99.5. The topological polar surface area (TPSA) is 0 Å². The van der Waals surface area contributed by atoms with Gasteiger partial charge < -0.3 is 0 Å². The van der Waals surface area contributed by atoms with Crippen LogP contribution in [0.4, 0.5) is 0 Å². The summed E-state index contributed by atoms with van der Waals surface area (Å²) in [6.07, 6.45) is 0. The Balaban J connectivity index is 0.000000105. The number of allylic oxidation sites excluding steroid dienone is 10. The molecule has 0 fully saturated rings. The van der Waals surface area contributed by atoms with E-state index in [1.807, 2.05) is 0 Å². The van der Waals surface area contributed by atoms with Crippen LogP contribution in [0.5, 0.6) is 0 Å². The van der Waals surface area contributed by atoms with Gasteiger partial charge in [-0.3, -0.25) is 0 Å². The van der Waals surface area contributed by atoms with E-state index in [9.17, 15) is 0 Å². The third kappa shape index (κ3) is 9.84. The number of fused-ring (bicyclic) bond motifs is 5. The summed E-state index contributed by atoms with van der Waals surface area (Å²) in [5.41, 5.74) is 83.2. The van der Waals surface area contributed by atoms with Crippen LogP contribution >= 0.6 is 0 Å². The minimum Gasteiger partial charge on any atom is -0.0549 e. The third-order valence-electron chi connectivity index (χ3n) is 50.1. The Bertz CT molecular complexity index is 9490. The van der Waals surface area contributed by atoms with Crippen LogP contribution in [-0.2, 0) is 43.3 Å². The van der Waals surface area contributed by atoms with E-state index in [2.05, 4.69) is 388 Å². The van der Waals surface area contributed by atoms with Gasteiger partial charge in [0.25, 0.3) is 0 Å². The molecule has 0 aliphatic heterocycles. The van der Waals surface area contributed by atoms with E-state index in [0.717, 1.165) is 0 Å². The molecule has 0 heteroatoms. The molecule has 0 bridgehead atoms. The van der Waals surface area contributed by atoms with Gasteiger partial charge in [-0.05, 0) is 725 Å². The average molecular weight is 1950 g/mol. The number of rotatable bonds is 0. The minimum absolute atomic E-state index is 0.0193. The van der Waals surface area contributed by atoms with Gasteiger partial charge in [0.15, 0.2) is 0 Å². The van der Waals surface area contributed by atoms with Crippen LogP contribution in [0, 0.1) is 245 Å². The Morgan fingerprint density at radius 2 is 0.331 bits per heavy atom. The van der Waals surface area contributed by atoms with Gasteiger partial charge in [-0.2, -0.15) is 0 Å². The summed E-state index contributed by atoms with van der Waals surface area (Å²) in [5, 5.41) is 39.9. The normalized spacial score (nSPS) is 21.3. The molecule has 17 aromatic carbocycles. The number of benzene rings is 17. The molecule has 0 N–H and O–H groups in total. The molecule has 0 radical (unpaired) electrons. The molecule has 0 amide bonds. The second-order valence-electron chi connectivity index (χ2n) is 55.9. The van der Waals surface area contributed by atoms with E-state index in [-0.39, 0.29) is 54.1 Å². The van der Waals surface area contributed by atoms with Crippen molar-refractivity contribution in [2.75, 3.05) is 0 Å². The van der Waals surface area contributed by atoms with Crippen molar-refractivity contribution in [3.63, 3.8) is 0 Å². The SMILES string of the molecule is CC1=C(C)C2=C(C)c3c(C)c(C)c(C)c4c(C)c5c6c(c34)C2C2C1=C(C)C(C)=C1C2=C6C(C)(C1(C)C)C5(C)C.Cc1c(C)c(C)c2c(c1C)c(C)c1c(C)c3c4c(c(C)c(C)c5c(C)c(C)c2c1c54)C(C)(C)C3(C)C.Cc1c(C)c(C)c2c(c1C)c(C)c1c(C)c3c4c(c(C)c(C)c5c(C)c(C)c2c1c54)C(C)(C)C3(C)C.Cc1c(C)c(C)c2c3c1C(C)(C)C1(C)c3c3c(c(C)c4c(C)c(C)c(C)c5c(C)c(C)c2c3c45)C1(C)C. The van der Waals surface area contributed by atoms with E-state index in [1.165, 1.54) is 275 Å². The predicted octanol–water partition coefficient (Wildman–Crippen LogP) is 41.8. The highest BCUT2D eigenvalue weighted by atomic mass is 14.7. The van der Waals surface area contributed by atoms with Gasteiger partial charge in [-0.25, -0.2) is 0 Å². The first-order valence-electron chi connectivity index (χ1n) is 57.0. The van der Waals surface area contributed by atoms with E-state index in [4.69, 9.17) is 0 Å². The third-order valence-corrected chi connectivity index (χ3v) is 50.1. The van der Waals surface area contributed by atoms with E-state index < -0.39 is 0 Å². The van der Waals surface area contributed by atoms with Gasteiger partial charge >= 0.3 is 0 Å². The minimum atomic E-state index is 0.0193. The fourth-order valence-corrected chi connectivity index (χ4v) is 39.0. The van der Waals surface area contributed by atoms with Crippen molar-refractivity contribution in [3.8, 4) is 0 Å². The highest BCUT2D eigenvalue weighted by molar-refractivity contribution is 6.40. The van der Waals surface area contributed by atoms with Crippen LogP contribution in [0.15, 0.2) is 44.6 Å². The monoisotopic (exact) mass is 1950 g/mol. The van der Waals surface area contributed by atoms with Gasteiger partial charge in [-0.15, -0.1) is 0 Å². The van der Waals surface area contributed by atoms with Gasteiger partial charge in [0.1, 0.15) is 0 Å². The van der Waals surface area contributed by atoms with Gasteiger partial charge in [-0.1, -0.05) is 125 Å². The Morgan fingerprint density at radius 1 is 0.115 bits per heavy atom. The van der Waals surface area contributed by atoms with Crippen LogP contribution in [0.2, 0.25) is 0 Å². The zero-order chi connectivity index (χ0) is 108. The molecule has 762 valence electrons. The summed E-state index contributed by atoms with van der Waals surface area (Å²) >= 11 is 0. The van der Waals surface area contributed by atoms with Crippen molar-refractivity contribution in [2.45, 2.75) is 437 Å². The lowest BCUT2D eigenvalue weighted by Gasteiger charge is -2.51. The zero-order valence-electron chi connectivity index (χ0n) is 102. The summed E-state index contributed by atoms with van der Waals surface area (Å²) in [6.45, 7) is 137. The lowest BCUT2D eigenvalue weighted by Crippen LogP contribution is -2.50. The number of aryl methyl sites for hydroxylation is 22. The molecule has 10 aliphatic carbocycles. The van der Waals surface area contributed by atoms with Crippen LogP contribution < -0.4 is 0 Å². The van der Waals surface area contributed by atoms with Crippen molar-refractivity contribution < 1.29 is 0 Å². The van der Waals surface area contributed by atoms with E-state index in [0.29, 0.717) is 11.8 Å². The summed E-state index contributed by atoms with van der Waals surface area (Å²) in [6, 6.07) is 0. The molecule has 10 aliphatic rings. The van der Waals surface area contributed by atoms with E-state index >= 15 is 0 Å². The Kier molecular flexibility index (Phi) is 19.3. The lowest BCUT2D eigenvalue weighted by molar-refractivity contribution is 0.127. The quantitative estimate of drug-likeness (QED) is 0.105. The maximum absolute atomic E-state index is 2.64. The van der Waals surface area contributed by atoms with Crippen molar-refractivity contribution in [1.82, 2.24) is 0 Å². The second-order valence-corrected chi connectivity index (χ2v) is 55.9. The van der Waals surface area contributed by atoms with Gasteiger partial charge in [0, 0.05) is 44.3 Å². The maximum atomic E-state index is 2.64. The molecule has 148 heavy (non-hydrogen) atoms. The lowest BCUT2D eigenvalue weighted by atomic mass is 9.51. The molecule has 0 heterocycles. The number of hydrogen-bond acceptors (Lipinski definition) is 0. The van der Waals surface area contributed by atoms with Crippen molar-refractivity contribution >= 4 is 151 Å². The number of hydrogen-bond donors (Lipinski definition) is 0. The van der Waals surface area contributed by atoms with Crippen molar-refractivity contribution in [1.29, 1.82) is 0 Å². The molecular weight excluding hydrogens is 1780 g/mol. The molecule has 0 saturated heterocycles. The molecule has 4 atom stereocenters. The van der Waals surface area contributed by atoms with Gasteiger partial charge in [0.05, 0.1) is 0 Å². The molecule has 0 saturated carbocycles. The largest absolute Gasteiger partial charge is 0.0549 e. The van der Waals surface area contributed by atoms with Crippen molar-refractivity contribution in [2.24, 2.45) is 16.7 Å². The molecule has 27 rings (SSSR count). The van der Waals surface area contributed by atoms with Gasteiger partial charge in [0.2, 0.25) is 0 Å². The molecular formula is C148H170. The predicted molar refractivity (Wildman–Crippen MR) is 653 cm³/mol. The van der Waals surface area contributed by atoms with Crippen LogP contribution in [-0.4, -0.2) is 0 Å². The molecule has 17 aromatic rings. The average Bonchev–Trinajstić information content (AvgIpc) is 1.45. The fraction of sp³-hybridized carbons (Fsp3) is 0.459. The standard InChI is InChI=1S/C39H44.C37H42.2C36H42/c1-15-16(2)25-22(8)26-19(5)18(4)24-20(6)21(7)34-32-30(24)29(26)31-28(25)27(17(15)3)23(9)35-33(31)36(32)39(14,37(34,10)11)38(35,12)13;1-15-17(3)24-20(6)21(7)26-27-19(5)16(2)22(8)32-30(27)34-31-29(26)28(24)25(18(15)4)23(9)33(31)36(12,13)37(34,14)35(32,10)11;2*1-15-16(2)18(4)28-26(17(15)3)23(9)27-24(10)34-32-31-25(19(5)20(6)29(28)30(27)31)21(7)22(8)33(32)35(11,12)36(34,13)14/h29-30H,1-14H3;1-14H3;2*1-14H3. The molecule has 0 nitrogen and oxygen atoms in total. The smallest absolute Gasteiger partial charge is 0.0217 e. The van der Waals surface area contributed by atoms with E-state index in [1.54, 1.807) is 165 Å². The zero-order valence-corrected chi connectivity index (χ0v) is 102. The molecule has 4 unspecified atom stereocenters. The highest BCUT2D eigenvalue weighted by Gasteiger charge is 2.72. The second kappa shape index (κ2) is 28.7.